The van der Waals surface area contributed by atoms with Gasteiger partial charge in [0.05, 0.1) is 11.1 Å². The van der Waals surface area contributed by atoms with Crippen LogP contribution in [0.3, 0.4) is 0 Å². The maximum atomic E-state index is 11.8. The van der Waals surface area contributed by atoms with Crippen molar-refractivity contribution < 1.29 is 19.1 Å². The van der Waals surface area contributed by atoms with Gasteiger partial charge in [-0.25, -0.2) is 9.59 Å². The van der Waals surface area contributed by atoms with Crippen molar-refractivity contribution >= 4 is 43.8 Å². The number of carbonyl (C=O) groups excluding carboxylic acids is 2. The quantitative estimate of drug-likeness (QED) is 0.529. The second-order valence-electron chi connectivity index (χ2n) is 4.23. The van der Waals surface area contributed by atoms with Gasteiger partial charge in [-0.15, -0.1) is 0 Å². The molecule has 114 valence electrons. The van der Waals surface area contributed by atoms with Crippen molar-refractivity contribution in [3.05, 3.63) is 68.6 Å². The second kappa shape index (κ2) is 8.10. The Balaban J connectivity index is 1.80. The Bertz CT molecular complexity index is 626. The predicted octanol–water partition coefficient (Wildman–Crippen LogP) is 4.23. The van der Waals surface area contributed by atoms with Gasteiger partial charge in [0.1, 0.15) is 13.2 Å². The highest BCUT2D eigenvalue weighted by Gasteiger charge is 2.13. The van der Waals surface area contributed by atoms with Gasteiger partial charge in [0.2, 0.25) is 0 Å². The molecule has 0 saturated carbocycles. The van der Waals surface area contributed by atoms with Crippen LogP contribution in [0.15, 0.2) is 57.5 Å². The molecule has 4 nitrogen and oxygen atoms in total. The summed E-state index contributed by atoms with van der Waals surface area (Å²) >= 11 is 6.55. The lowest BCUT2D eigenvalue weighted by Crippen LogP contribution is -2.14. The molecule has 6 heteroatoms. The molecule has 2 aromatic carbocycles. The molecule has 0 fully saturated rings. The zero-order valence-corrected chi connectivity index (χ0v) is 14.6. The number of hydrogen-bond donors (Lipinski definition) is 0. The van der Waals surface area contributed by atoms with E-state index in [4.69, 9.17) is 9.47 Å². The summed E-state index contributed by atoms with van der Waals surface area (Å²) in [6.07, 6.45) is 0. The standard InChI is InChI=1S/C16H12Br2O4/c17-13-7-3-1-5-11(13)15(19)21-9-10-22-16(20)12-6-2-4-8-14(12)18/h1-8H,9-10H2. The van der Waals surface area contributed by atoms with Crippen molar-refractivity contribution in [1.29, 1.82) is 0 Å². The van der Waals surface area contributed by atoms with Gasteiger partial charge >= 0.3 is 11.9 Å². The molecular formula is C16H12Br2O4. The molecule has 0 aliphatic carbocycles. The first-order valence-electron chi connectivity index (χ1n) is 6.43. The van der Waals surface area contributed by atoms with Gasteiger partial charge in [0, 0.05) is 8.95 Å². The first-order chi connectivity index (χ1) is 10.6. The van der Waals surface area contributed by atoms with E-state index in [9.17, 15) is 9.59 Å². The van der Waals surface area contributed by atoms with Gasteiger partial charge in [-0.1, -0.05) is 24.3 Å². The van der Waals surface area contributed by atoms with E-state index in [1.54, 1.807) is 48.5 Å². The van der Waals surface area contributed by atoms with E-state index in [1.807, 2.05) is 0 Å². The minimum absolute atomic E-state index is 0.00361. The molecule has 0 aliphatic heterocycles. The van der Waals surface area contributed by atoms with Crippen LogP contribution < -0.4 is 0 Å². The number of halogens is 2. The molecule has 0 saturated heterocycles. The van der Waals surface area contributed by atoms with Crippen molar-refractivity contribution in [3.63, 3.8) is 0 Å². The van der Waals surface area contributed by atoms with Crippen molar-refractivity contribution in [2.75, 3.05) is 13.2 Å². The van der Waals surface area contributed by atoms with Gasteiger partial charge in [-0.05, 0) is 56.1 Å². The molecule has 0 aromatic heterocycles. The molecule has 0 heterocycles. The fourth-order valence-electron chi connectivity index (χ4n) is 1.68. The van der Waals surface area contributed by atoms with Gasteiger partial charge in [-0.3, -0.25) is 0 Å². The molecular weight excluding hydrogens is 416 g/mol. The third-order valence-corrected chi connectivity index (χ3v) is 4.12. The molecule has 2 aromatic rings. The Hall–Kier alpha value is -1.66. The summed E-state index contributed by atoms with van der Waals surface area (Å²) in [6, 6.07) is 13.9. The van der Waals surface area contributed by atoms with Crippen molar-refractivity contribution in [2.24, 2.45) is 0 Å². The van der Waals surface area contributed by atoms with Gasteiger partial charge < -0.3 is 9.47 Å². The number of esters is 2. The second-order valence-corrected chi connectivity index (χ2v) is 5.94. The van der Waals surface area contributed by atoms with E-state index in [-0.39, 0.29) is 13.2 Å². The van der Waals surface area contributed by atoms with Gasteiger partial charge in [-0.2, -0.15) is 0 Å². The monoisotopic (exact) mass is 426 g/mol. The zero-order chi connectivity index (χ0) is 15.9. The maximum Gasteiger partial charge on any atom is 0.339 e. The smallest absolute Gasteiger partial charge is 0.339 e. The van der Waals surface area contributed by atoms with Crippen molar-refractivity contribution in [3.8, 4) is 0 Å². The average Bonchev–Trinajstić information content (AvgIpc) is 2.52. The SMILES string of the molecule is O=C(OCCOC(=O)c1ccccc1Br)c1ccccc1Br. The number of carbonyl (C=O) groups is 2. The average molecular weight is 428 g/mol. The van der Waals surface area contributed by atoms with Crippen LogP contribution in [0.2, 0.25) is 0 Å². The Morgan fingerprint density at radius 3 is 1.45 bits per heavy atom. The summed E-state index contributed by atoms with van der Waals surface area (Å²) in [4.78, 5) is 23.7. The van der Waals surface area contributed by atoms with E-state index in [0.29, 0.717) is 20.1 Å². The summed E-state index contributed by atoms with van der Waals surface area (Å²) < 4.78 is 11.5. The van der Waals surface area contributed by atoms with Crippen LogP contribution in [-0.4, -0.2) is 25.2 Å². The lowest BCUT2D eigenvalue weighted by atomic mass is 10.2. The minimum Gasteiger partial charge on any atom is -0.458 e. The fourth-order valence-corrected chi connectivity index (χ4v) is 2.57. The zero-order valence-electron chi connectivity index (χ0n) is 11.4. The number of rotatable bonds is 5. The first kappa shape index (κ1) is 16.7. The predicted molar refractivity (Wildman–Crippen MR) is 88.8 cm³/mol. The molecule has 0 radical (unpaired) electrons. The molecule has 0 aliphatic rings. The Kier molecular flexibility index (Phi) is 6.15. The molecule has 0 N–H and O–H groups in total. The van der Waals surface area contributed by atoms with Gasteiger partial charge in [0.15, 0.2) is 0 Å². The topological polar surface area (TPSA) is 52.6 Å². The Morgan fingerprint density at radius 1 is 0.727 bits per heavy atom. The molecule has 0 spiro atoms. The van der Waals surface area contributed by atoms with Crippen LogP contribution in [0.5, 0.6) is 0 Å². The van der Waals surface area contributed by atoms with E-state index >= 15 is 0 Å². The normalized spacial score (nSPS) is 10.1. The molecule has 2 rings (SSSR count). The molecule has 22 heavy (non-hydrogen) atoms. The van der Waals surface area contributed by atoms with E-state index in [1.165, 1.54) is 0 Å². The van der Waals surface area contributed by atoms with Crippen molar-refractivity contribution in [2.45, 2.75) is 0 Å². The third-order valence-electron chi connectivity index (χ3n) is 2.74. The van der Waals surface area contributed by atoms with Crippen LogP contribution in [0.1, 0.15) is 20.7 Å². The van der Waals surface area contributed by atoms with Crippen LogP contribution >= 0.6 is 31.9 Å². The van der Waals surface area contributed by atoms with E-state index in [2.05, 4.69) is 31.9 Å². The third kappa shape index (κ3) is 4.42. The van der Waals surface area contributed by atoms with Crippen LogP contribution in [0.4, 0.5) is 0 Å². The molecule has 0 bridgehead atoms. The molecule has 0 atom stereocenters. The lowest BCUT2D eigenvalue weighted by Gasteiger charge is -2.08. The first-order valence-corrected chi connectivity index (χ1v) is 8.01. The highest BCUT2D eigenvalue weighted by molar-refractivity contribution is 9.10. The Labute approximate surface area is 144 Å². The lowest BCUT2D eigenvalue weighted by molar-refractivity contribution is 0.0264. The molecule has 0 unspecified atom stereocenters. The highest BCUT2D eigenvalue weighted by Crippen LogP contribution is 2.17. The number of benzene rings is 2. The maximum absolute atomic E-state index is 11.8. The summed E-state index contributed by atoms with van der Waals surface area (Å²) in [5, 5.41) is 0. The van der Waals surface area contributed by atoms with Crippen LogP contribution in [-0.2, 0) is 9.47 Å². The fraction of sp³-hybridized carbons (Fsp3) is 0.125. The summed E-state index contributed by atoms with van der Waals surface area (Å²) in [5.41, 5.74) is 0.860. The number of ether oxygens (including phenoxy) is 2. The largest absolute Gasteiger partial charge is 0.458 e. The minimum atomic E-state index is -0.468. The van der Waals surface area contributed by atoms with Gasteiger partial charge in [0.25, 0.3) is 0 Å². The number of hydrogen-bond acceptors (Lipinski definition) is 4. The van der Waals surface area contributed by atoms with Crippen molar-refractivity contribution in [1.82, 2.24) is 0 Å². The molecule has 0 amide bonds. The highest BCUT2D eigenvalue weighted by atomic mass is 79.9. The summed E-state index contributed by atoms with van der Waals surface area (Å²) in [7, 11) is 0. The van der Waals surface area contributed by atoms with E-state index < -0.39 is 11.9 Å². The van der Waals surface area contributed by atoms with Crippen LogP contribution in [0.25, 0.3) is 0 Å². The summed E-state index contributed by atoms with van der Waals surface area (Å²) in [6.45, 7) is -0.00722. The van der Waals surface area contributed by atoms with E-state index in [0.717, 1.165) is 0 Å². The van der Waals surface area contributed by atoms with Crippen LogP contribution in [0, 0.1) is 0 Å². The Morgan fingerprint density at radius 2 is 1.09 bits per heavy atom. The summed E-state index contributed by atoms with van der Waals surface area (Å²) in [5.74, 6) is -0.936.